The smallest absolute Gasteiger partial charge is 0.0603 e. The minimum absolute atomic E-state index is 0.306. The van der Waals surface area contributed by atoms with Crippen LogP contribution in [0.2, 0.25) is 0 Å². The lowest BCUT2D eigenvalue weighted by Crippen LogP contribution is -2.32. The molecule has 2 aliphatic carbocycles. The van der Waals surface area contributed by atoms with E-state index in [-0.39, 0.29) is 0 Å². The van der Waals surface area contributed by atoms with Gasteiger partial charge in [0.1, 0.15) is 0 Å². The van der Waals surface area contributed by atoms with Crippen LogP contribution in [0.3, 0.4) is 0 Å². The lowest BCUT2D eigenvalue weighted by Gasteiger charge is -2.33. The summed E-state index contributed by atoms with van der Waals surface area (Å²) in [5.74, 6) is 0. The average Bonchev–Trinajstić information content (AvgIpc) is 2.15. The summed E-state index contributed by atoms with van der Waals surface area (Å²) in [5, 5.41) is 0. The molecule has 93 valence electrons. The summed E-state index contributed by atoms with van der Waals surface area (Å²) in [6.45, 7) is 6.15. The molecule has 16 heavy (non-hydrogen) atoms. The van der Waals surface area contributed by atoms with Crippen LogP contribution in [0.4, 0.5) is 0 Å². The zero-order valence-corrected chi connectivity index (χ0v) is 10.5. The molecule has 0 aliphatic heterocycles. The Kier molecular flexibility index (Phi) is 4.66. The zero-order valence-electron chi connectivity index (χ0n) is 10.5. The summed E-state index contributed by atoms with van der Waals surface area (Å²) < 4.78 is 11.9. The topological polar surface area (TPSA) is 18.5 Å². The second kappa shape index (κ2) is 6.02. The lowest BCUT2D eigenvalue weighted by atomic mass is 9.95. The van der Waals surface area contributed by atoms with Gasteiger partial charge in [-0.1, -0.05) is 6.92 Å². The predicted octanol–water partition coefficient (Wildman–Crippen LogP) is 3.50. The van der Waals surface area contributed by atoms with Crippen molar-refractivity contribution < 1.29 is 9.47 Å². The van der Waals surface area contributed by atoms with Crippen LogP contribution < -0.4 is 0 Å². The van der Waals surface area contributed by atoms with E-state index in [4.69, 9.17) is 9.47 Å². The van der Waals surface area contributed by atoms with E-state index in [1.54, 1.807) is 0 Å². The number of hydrogen-bond donors (Lipinski definition) is 0. The quantitative estimate of drug-likeness (QED) is 0.660. The van der Waals surface area contributed by atoms with Crippen molar-refractivity contribution in [2.75, 3.05) is 0 Å². The van der Waals surface area contributed by atoms with Gasteiger partial charge >= 0.3 is 0 Å². The first-order valence-electron chi connectivity index (χ1n) is 6.88. The molecule has 2 unspecified atom stereocenters. The van der Waals surface area contributed by atoms with Crippen LogP contribution in [0.5, 0.6) is 0 Å². The molecule has 2 rings (SSSR count). The Morgan fingerprint density at radius 2 is 1.62 bits per heavy atom. The number of hydrogen-bond acceptors (Lipinski definition) is 2. The van der Waals surface area contributed by atoms with Crippen LogP contribution in [0.25, 0.3) is 0 Å². The molecular formula is C14H25O2. The first-order valence-corrected chi connectivity index (χ1v) is 6.88. The molecule has 2 fully saturated rings. The number of ether oxygens (including phenoxy) is 2. The van der Waals surface area contributed by atoms with Gasteiger partial charge in [0.05, 0.1) is 24.4 Å². The van der Waals surface area contributed by atoms with E-state index in [0.29, 0.717) is 24.4 Å². The summed E-state index contributed by atoms with van der Waals surface area (Å²) in [7, 11) is 0. The van der Waals surface area contributed by atoms with Crippen molar-refractivity contribution in [2.45, 2.75) is 82.7 Å². The molecule has 2 atom stereocenters. The third-order valence-electron chi connectivity index (χ3n) is 3.83. The molecule has 0 aromatic heterocycles. The maximum Gasteiger partial charge on any atom is 0.0603 e. The Bertz CT molecular complexity index is 197. The molecule has 2 heteroatoms. The zero-order chi connectivity index (χ0) is 11.4. The Morgan fingerprint density at radius 1 is 1.06 bits per heavy atom. The summed E-state index contributed by atoms with van der Waals surface area (Å²) in [4.78, 5) is 0. The van der Waals surface area contributed by atoms with Gasteiger partial charge < -0.3 is 9.47 Å². The average molecular weight is 225 g/mol. The van der Waals surface area contributed by atoms with Gasteiger partial charge in [-0.25, -0.2) is 0 Å². The van der Waals surface area contributed by atoms with E-state index in [0.717, 1.165) is 12.8 Å². The molecule has 0 heterocycles. The highest BCUT2D eigenvalue weighted by Crippen LogP contribution is 2.27. The van der Waals surface area contributed by atoms with Crippen LogP contribution in [0, 0.1) is 6.92 Å². The van der Waals surface area contributed by atoms with E-state index in [2.05, 4.69) is 13.8 Å². The molecule has 0 N–H and O–H groups in total. The molecule has 0 aromatic rings. The fourth-order valence-corrected chi connectivity index (χ4v) is 2.28. The van der Waals surface area contributed by atoms with Gasteiger partial charge in [-0.2, -0.15) is 0 Å². The molecule has 2 aliphatic rings. The molecule has 1 radical (unpaired) electrons. The van der Waals surface area contributed by atoms with E-state index in [1.165, 1.54) is 38.5 Å². The highest BCUT2D eigenvalue weighted by atomic mass is 16.5. The van der Waals surface area contributed by atoms with Crippen molar-refractivity contribution in [3.8, 4) is 0 Å². The normalized spacial score (nSPS) is 25.9. The van der Waals surface area contributed by atoms with Crippen molar-refractivity contribution in [1.82, 2.24) is 0 Å². The van der Waals surface area contributed by atoms with Gasteiger partial charge in [-0.3, -0.25) is 0 Å². The third-order valence-corrected chi connectivity index (χ3v) is 3.83. The minimum Gasteiger partial charge on any atom is -0.375 e. The molecule has 0 spiro atoms. The molecule has 2 saturated carbocycles. The first-order chi connectivity index (χ1) is 7.78. The van der Waals surface area contributed by atoms with Crippen LogP contribution in [0.1, 0.15) is 58.3 Å². The Morgan fingerprint density at radius 3 is 2.06 bits per heavy atom. The summed E-state index contributed by atoms with van der Waals surface area (Å²) in [5.41, 5.74) is 0. The molecule has 0 bridgehead atoms. The second-order valence-corrected chi connectivity index (χ2v) is 5.33. The summed E-state index contributed by atoms with van der Waals surface area (Å²) in [6, 6.07) is 0. The Hall–Kier alpha value is -0.0800. The third kappa shape index (κ3) is 3.46. The van der Waals surface area contributed by atoms with E-state index < -0.39 is 0 Å². The fraction of sp³-hybridized carbons (Fsp3) is 0.929. The Balaban J connectivity index is 1.63. The lowest BCUT2D eigenvalue weighted by molar-refractivity contribution is -0.0960. The highest BCUT2D eigenvalue weighted by molar-refractivity contribution is 4.75. The van der Waals surface area contributed by atoms with Crippen LogP contribution in [-0.4, -0.2) is 24.4 Å². The van der Waals surface area contributed by atoms with Crippen molar-refractivity contribution in [3.63, 3.8) is 0 Å². The van der Waals surface area contributed by atoms with Gasteiger partial charge in [-0.15, -0.1) is 0 Å². The van der Waals surface area contributed by atoms with Crippen LogP contribution in [0.15, 0.2) is 0 Å². The largest absolute Gasteiger partial charge is 0.375 e. The van der Waals surface area contributed by atoms with E-state index in [1.807, 2.05) is 0 Å². The number of rotatable bonds is 7. The molecular weight excluding hydrogens is 200 g/mol. The summed E-state index contributed by atoms with van der Waals surface area (Å²) in [6.07, 6.45) is 11.2. The van der Waals surface area contributed by atoms with Crippen LogP contribution in [-0.2, 0) is 9.47 Å². The maximum absolute atomic E-state index is 6.00. The monoisotopic (exact) mass is 225 g/mol. The second-order valence-electron chi connectivity index (χ2n) is 5.33. The van der Waals surface area contributed by atoms with Crippen molar-refractivity contribution in [1.29, 1.82) is 0 Å². The standard InChI is InChI=1S/C14H25O2/c1-3-12(16-14-8-5-9-14)10-11(2)15-13-6-4-7-13/h11-14H,1,3-10H2,2H3. The van der Waals surface area contributed by atoms with E-state index >= 15 is 0 Å². The Labute approximate surface area is 99.7 Å². The summed E-state index contributed by atoms with van der Waals surface area (Å²) >= 11 is 0. The molecule has 0 amide bonds. The highest BCUT2D eigenvalue weighted by Gasteiger charge is 2.25. The molecule has 0 saturated heterocycles. The fourth-order valence-electron chi connectivity index (χ4n) is 2.28. The predicted molar refractivity (Wildman–Crippen MR) is 65.3 cm³/mol. The minimum atomic E-state index is 0.306. The maximum atomic E-state index is 6.00. The van der Waals surface area contributed by atoms with Crippen molar-refractivity contribution in [3.05, 3.63) is 6.92 Å². The van der Waals surface area contributed by atoms with Gasteiger partial charge in [0.2, 0.25) is 0 Å². The van der Waals surface area contributed by atoms with Gasteiger partial charge in [-0.05, 0) is 58.3 Å². The molecule has 0 aromatic carbocycles. The first kappa shape index (κ1) is 12.4. The van der Waals surface area contributed by atoms with Crippen molar-refractivity contribution in [2.24, 2.45) is 0 Å². The molecule has 2 nitrogen and oxygen atoms in total. The SMILES string of the molecule is [CH2]CC(CC(C)OC1CCC1)OC1CCC1. The van der Waals surface area contributed by atoms with Crippen LogP contribution >= 0.6 is 0 Å². The van der Waals surface area contributed by atoms with E-state index in [9.17, 15) is 0 Å². The van der Waals surface area contributed by atoms with Crippen molar-refractivity contribution >= 4 is 0 Å². The van der Waals surface area contributed by atoms with Gasteiger partial charge in [0, 0.05) is 0 Å². The van der Waals surface area contributed by atoms with Gasteiger partial charge in [0.25, 0.3) is 0 Å². The van der Waals surface area contributed by atoms with Gasteiger partial charge in [0.15, 0.2) is 0 Å².